The third kappa shape index (κ3) is 3.87. The Hall–Kier alpha value is -1.66. The predicted octanol–water partition coefficient (Wildman–Crippen LogP) is 5.32. The molecule has 2 N–H and O–H groups in total. The third-order valence-electron chi connectivity index (χ3n) is 3.28. The molecular formula is C16H12Cl3N3OS. The molecule has 0 aliphatic rings. The Kier molecular flexibility index (Phi) is 5.36. The van der Waals surface area contributed by atoms with Crippen LogP contribution in [0, 0.1) is 0 Å². The lowest BCUT2D eigenvalue weighted by molar-refractivity contribution is 0.0954. The highest BCUT2D eigenvalue weighted by Crippen LogP contribution is 2.33. The van der Waals surface area contributed by atoms with E-state index < -0.39 is 0 Å². The average Bonchev–Trinajstić information content (AvgIpc) is 3.18. The number of rotatable bonds is 5. The Labute approximate surface area is 157 Å². The van der Waals surface area contributed by atoms with E-state index in [1.54, 1.807) is 29.5 Å². The quantitative estimate of drug-likeness (QED) is 0.570. The number of nitrogens with zero attached hydrogens (tertiary/aromatic N) is 1. The van der Waals surface area contributed by atoms with Crippen molar-refractivity contribution < 1.29 is 4.79 Å². The van der Waals surface area contributed by atoms with Crippen LogP contribution in [-0.2, 0) is 6.54 Å². The predicted molar refractivity (Wildman–Crippen MR) is 100 cm³/mol. The number of carbonyl (C=O) groups excluding carboxylic acids is 1. The second-order valence-electron chi connectivity index (χ2n) is 4.92. The SMILES string of the molecule is O=C(NNc1c(Cl)cc(Cl)cc1Cl)c1cccn1Cc1cccs1. The lowest BCUT2D eigenvalue weighted by Gasteiger charge is -2.13. The van der Waals surface area contributed by atoms with Crippen molar-refractivity contribution in [3.05, 3.63) is 73.6 Å². The molecule has 0 spiro atoms. The van der Waals surface area contributed by atoms with Gasteiger partial charge in [-0.1, -0.05) is 40.9 Å². The minimum absolute atomic E-state index is 0.293. The van der Waals surface area contributed by atoms with Gasteiger partial charge in [0.25, 0.3) is 5.91 Å². The van der Waals surface area contributed by atoms with Crippen LogP contribution in [0.4, 0.5) is 5.69 Å². The summed E-state index contributed by atoms with van der Waals surface area (Å²) in [5.41, 5.74) is 6.27. The van der Waals surface area contributed by atoms with Gasteiger partial charge in [0.2, 0.25) is 0 Å². The Morgan fingerprint density at radius 1 is 1.12 bits per heavy atom. The molecule has 8 heteroatoms. The Morgan fingerprint density at radius 3 is 2.54 bits per heavy atom. The van der Waals surface area contributed by atoms with Crippen LogP contribution in [0.3, 0.4) is 0 Å². The number of hydrogen-bond acceptors (Lipinski definition) is 3. The van der Waals surface area contributed by atoms with E-state index in [0.717, 1.165) is 4.88 Å². The van der Waals surface area contributed by atoms with Gasteiger partial charge in [0.05, 0.1) is 22.3 Å². The van der Waals surface area contributed by atoms with Crippen molar-refractivity contribution in [3.8, 4) is 0 Å². The van der Waals surface area contributed by atoms with Gasteiger partial charge >= 0.3 is 0 Å². The smallest absolute Gasteiger partial charge is 0.286 e. The molecule has 0 bridgehead atoms. The molecule has 2 aromatic heterocycles. The fourth-order valence-corrected chi connectivity index (χ4v) is 3.79. The molecule has 4 nitrogen and oxygen atoms in total. The van der Waals surface area contributed by atoms with Crippen LogP contribution >= 0.6 is 46.1 Å². The van der Waals surface area contributed by atoms with E-state index in [2.05, 4.69) is 10.9 Å². The van der Waals surface area contributed by atoms with E-state index in [9.17, 15) is 4.79 Å². The highest BCUT2D eigenvalue weighted by Gasteiger charge is 2.13. The van der Waals surface area contributed by atoms with Gasteiger partial charge in [-0.15, -0.1) is 11.3 Å². The molecule has 0 saturated heterocycles. The largest absolute Gasteiger partial charge is 0.338 e. The Bertz CT molecular complexity index is 838. The molecule has 0 atom stereocenters. The summed E-state index contributed by atoms with van der Waals surface area (Å²) in [4.78, 5) is 13.6. The maximum atomic E-state index is 12.4. The molecule has 0 aliphatic carbocycles. The zero-order valence-electron chi connectivity index (χ0n) is 12.2. The number of amides is 1. The van der Waals surface area contributed by atoms with Gasteiger partial charge in [0, 0.05) is 16.1 Å². The summed E-state index contributed by atoms with van der Waals surface area (Å²) in [7, 11) is 0. The fraction of sp³-hybridized carbons (Fsp3) is 0.0625. The number of halogens is 3. The summed E-state index contributed by atoms with van der Waals surface area (Å²) >= 11 is 19.7. The number of thiophene rings is 1. The van der Waals surface area contributed by atoms with Crippen LogP contribution in [0.25, 0.3) is 0 Å². The molecule has 0 unspecified atom stereocenters. The molecule has 124 valence electrons. The summed E-state index contributed by atoms with van der Waals surface area (Å²) in [6.45, 7) is 0.635. The van der Waals surface area contributed by atoms with Crippen LogP contribution in [0.5, 0.6) is 0 Å². The van der Waals surface area contributed by atoms with E-state index in [0.29, 0.717) is 33.0 Å². The molecule has 0 saturated carbocycles. The first-order chi connectivity index (χ1) is 11.5. The molecule has 1 aromatic carbocycles. The number of hydrogen-bond donors (Lipinski definition) is 2. The summed E-state index contributed by atoms with van der Waals surface area (Å²) in [5.74, 6) is -0.293. The van der Waals surface area contributed by atoms with Crippen LogP contribution in [0.1, 0.15) is 15.4 Å². The standard InChI is InChI=1S/C16H12Cl3N3OS/c17-10-7-12(18)15(13(19)8-10)20-21-16(23)14-4-1-5-22(14)9-11-3-2-6-24-11/h1-8,20H,9H2,(H,21,23). The lowest BCUT2D eigenvalue weighted by Crippen LogP contribution is -2.31. The number of aromatic nitrogens is 1. The molecule has 2 heterocycles. The highest BCUT2D eigenvalue weighted by atomic mass is 35.5. The highest BCUT2D eigenvalue weighted by molar-refractivity contribution is 7.09. The topological polar surface area (TPSA) is 46.1 Å². The molecule has 0 fully saturated rings. The maximum absolute atomic E-state index is 12.4. The summed E-state index contributed by atoms with van der Waals surface area (Å²) in [6, 6.07) is 10.7. The first kappa shape index (κ1) is 17.2. The third-order valence-corrected chi connectivity index (χ3v) is 4.95. The van der Waals surface area contributed by atoms with Gasteiger partial charge in [-0.2, -0.15) is 0 Å². The number of nitrogens with one attached hydrogen (secondary N) is 2. The van der Waals surface area contributed by atoms with Gasteiger partial charge in [-0.25, -0.2) is 0 Å². The maximum Gasteiger partial charge on any atom is 0.286 e. The van der Waals surface area contributed by atoms with Crippen molar-refractivity contribution in [2.45, 2.75) is 6.54 Å². The zero-order chi connectivity index (χ0) is 17.1. The van der Waals surface area contributed by atoms with E-state index in [-0.39, 0.29) is 5.91 Å². The average molecular weight is 401 g/mol. The lowest BCUT2D eigenvalue weighted by atomic mass is 10.3. The minimum Gasteiger partial charge on any atom is -0.338 e. The van der Waals surface area contributed by atoms with Crippen LogP contribution in [-0.4, -0.2) is 10.5 Å². The monoisotopic (exact) mass is 399 g/mol. The number of anilines is 1. The first-order valence-corrected chi connectivity index (χ1v) is 8.94. The van der Waals surface area contributed by atoms with Crippen molar-refractivity contribution in [1.29, 1.82) is 0 Å². The van der Waals surface area contributed by atoms with Gasteiger partial charge in [0.1, 0.15) is 5.69 Å². The molecule has 3 rings (SSSR count). The Balaban J connectivity index is 1.71. The first-order valence-electron chi connectivity index (χ1n) is 6.93. The summed E-state index contributed by atoms with van der Waals surface area (Å²) in [6.07, 6.45) is 1.86. The zero-order valence-corrected chi connectivity index (χ0v) is 15.3. The van der Waals surface area contributed by atoms with Crippen LogP contribution < -0.4 is 10.9 Å². The van der Waals surface area contributed by atoms with Crippen molar-refractivity contribution in [2.24, 2.45) is 0 Å². The minimum atomic E-state index is -0.293. The van der Waals surface area contributed by atoms with Gasteiger partial charge in [-0.3, -0.25) is 15.6 Å². The molecule has 0 aliphatic heterocycles. The van der Waals surface area contributed by atoms with Crippen molar-refractivity contribution in [2.75, 3.05) is 5.43 Å². The van der Waals surface area contributed by atoms with E-state index in [1.165, 1.54) is 0 Å². The van der Waals surface area contributed by atoms with Crippen LogP contribution in [0.15, 0.2) is 48.0 Å². The molecule has 1 amide bonds. The van der Waals surface area contributed by atoms with Gasteiger partial charge in [-0.05, 0) is 35.7 Å². The van der Waals surface area contributed by atoms with Crippen molar-refractivity contribution in [1.82, 2.24) is 9.99 Å². The number of benzene rings is 1. The van der Waals surface area contributed by atoms with Crippen LogP contribution in [0.2, 0.25) is 15.1 Å². The molecule has 3 aromatic rings. The second kappa shape index (κ2) is 7.49. The fourth-order valence-electron chi connectivity index (χ4n) is 2.17. The van der Waals surface area contributed by atoms with Crippen molar-refractivity contribution >= 4 is 57.7 Å². The number of hydrazine groups is 1. The van der Waals surface area contributed by atoms with E-state index >= 15 is 0 Å². The Morgan fingerprint density at radius 2 is 1.88 bits per heavy atom. The summed E-state index contributed by atoms with van der Waals surface area (Å²) < 4.78 is 1.87. The second-order valence-corrected chi connectivity index (χ2v) is 7.21. The number of carbonyl (C=O) groups is 1. The van der Waals surface area contributed by atoms with E-state index in [4.69, 9.17) is 34.8 Å². The van der Waals surface area contributed by atoms with Gasteiger partial charge in [0.15, 0.2) is 0 Å². The molecule has 24 heavy (non-hydrogen) atoms. The van der Waals surface area contributed by atoms with E-state index in [1.807, 2.05) is 34.3 Å². The van der Waals surface area contributed by atoms with Gasteiger partial charge < -0.3 is 4.57 Å². The summed E-state index contributed by atoms with van der Waals surface area (Å²) in [5, 5.41) is 3.07. The molecular weight excluding hydrogens is 389 g/mol. The molecule has 0 radical (unpaired) electrons. The van der Waals surface area contributed by atoms with Crippen molar-refractivity contribution in [3.63, 3.8) is 0 Å². The normalized spacial score (nSPS) is 10.6.